The van der Waals surface area contributed by atoms with Crippen molar-refractivity contribution in [2.24, 2.45) is 21.3 Å². The van der Waals surface area contributed by atoms with Gasteiger partial charge >= 0.3 is 5.97 Å². The van der Waals surface area contributed by atoms with Crippen LogP contribution in [0.15, 0.2) is 95.2 Å². The molecule has 0 unspecified atom stereocenters. The zero-order valence-corrected chi connectivity index (χ0v) is 41.7. The Morgan fingerprint density at radius 3 is 2.53 bits per heavy atom. The number of methoxy groups -OCH3 is 2. The third-order valence-electron chi connectivity index (χ3n) is 13.8. The molecule has 4 heterocycles. The zero-order valence-electron chi connectivity index (χ0n) is 41.7. The van der Waals surface area contributed by atoms with Gasteiger partial charge in [0, 0.05) is 67.9 Å². The highest BCUT2D eigenvalue weighted by Gasteiger charge is 2.46. The molecule has 2 aliphatic heterocycles. The van der Waals surface area contributed by atoms with Gasteiger partial charge in [0.15, 0.2) is 0 Å². The zero-order chi connectivity index (χ0) is 49.7. The summed E-state index contributed by atoms with van der Waals surface area (Å²) in [5.41, 5.74) is 10.7. The van der Waals surface area contributed by atoms with Gasteiger partial charge in [0.25, 0.3) is 5.91 Å². The fraction of sp³-hybridized carbons (Fsp3) is 0.455. The number of cyclic esters (lactones) is 1. The standard InChI is InChI=1S/C55H66N8O7/c1-9-62-47-20-15-38-28-42(47)43(50(62)44-31-56-24-21-39(44)32-68-7)29-54(4,5)33-70-53(67)45-14-11-25-63(60-45)52(66)46(27-36-12-10-13-37(38)26-36)59-51(65)49(35(2)3)61(6)48(64)30-55(22-23-55)58-34-57-40-16-18-41(69-8)19-17-40/h10,12-13,15-21,24,26,28,31,35,45-46,49,60H,9,11,14,22-23,25,27,29-30,32-33H2,1-8H3,(H,59,65)/t45-,46-,49-/m0/s1. The number of rotatable bonds is 13. The number of fused-ring (bicyclic) bond motifs is 6. The lowest BCUT2D eigenvalue weighted by Crippen LogP contribution is -2.62. The second-order valence-electron chi connectivity index (χ2n) is 20.1. The largest absolute Gasteiger partial charge is 0.497 e. The first-order chi connectivity index (χ1) is 33.6. The number of aliphatic imine (C=N–C) groups is 2. The molecule has 8 rings (SSSR count). The number of nitrogens with zero attached hydrogens (tertiary/aromatic N) is 6. The van der Waals surface area contributed by atoms with Crippen LogP contribution in [0, 0.1) is 11.3 Å². The highest BCUT2D eigenvalue weighted by molar-refractivity contribution is 5.96. The summed E-state index contributed by atoms with van der Waals surface area (Å²) < 4.78 is 19.4. The summed E-state index contributed by atoms with van der Waals surface area (Å²) >= 11 is 0. The molecular formula is C55H66N8O7. The van der Waals surface area contributed by atoms with Crippen molar-refractivity contribution in [1.82, 2.24) is 30.2 Å². The van der Waals surface area contributed by atoms with Crippen LogP contribution in [-0.4, -0.2) is 107 Å². The molecule has 5 aromatic rings. The van der Waals surface area contributed by atoms with Gasteiger partial charge in [0.1, 0.15) is 23.9 Å². The van der Waals surface area contributed by atoms with E-state index in [1.165, 1.54) is 9.91 Å². The maximum absolute atomic E-state index is 14.8. The van der Waals surface area contributed by atoms with Crippen molar-refractivity contribution < 1.29 is 33.4 Å². The lowest BCUT2D eigenvalue weighted by atomic mass is 9.84. The Kier molecular flexibility index (Phi) is 15.0. The predicted octanol–water partition coefficient (Wildman–Crippen LogP) is 8.10. The molecule has 2 aromatic heterocycles. The van der Waals surface area contributed by atoms with Crippen LogP contribution in [0.1, 0.15) is 83.4 Å². The summed E-state index contributed by atoms with van der Waals surface area (Å²) in [7, 11) is 4.92. The molecular weight excluding hydrogens is 885 g/mol. The molecule has 0 radical (unpaired) electrons. The minimum Gasteiger partial charge on any atom is -0.497 e. The molecule has 1 saturated heterocycles. The molecule has 1 aliphatic carbocycles. The molecule has 2 N–H and O–H groups in total. The monoisotopic (exact) mass is 951 g/mol. The third kappa shape index (κ3) is 11.0. The molecule has 15 nitrogen and oxygen atoms in total. The first-order valence-electron chi connectivity index (χ1n) is 24.4. The molecule has 15 heteroatoms. The number of ether oxygens (including phenoxy) is 3. The number of esters is 1. The van der Waals surface area contributed by atoms with Crippen molar-refractivity contribution in [2.75, 3.05) is 34.4 Å². The Labute approximate surface area is 410 Å². The molecule has 368 valence electrons. The molecule has 6 bridgehead atoms. The van der Waals surface area contributed by atoms with E-state index in [0.29, 0.717) is 63.2 Å². The van der Waals surface area contributed by atoms with Crippen molar-refractivity contribution in [3.8, 4) is 28.1 Å². The van der Waals surface area contributed by atoms with Gasteiger partial charge in [-0.2, -0.15) is 4.99 Å². The number of hydrogen-bond acceptors (Lipinski definition) is 11. The van der Waals surface area contributed by atoms with E-state index in [-0.39, 0.29) is 37.2 Å². The van der Waals surface area contributed by atoms with Gasteiger partial charge in [-0.25, -0.2) is 10.4 Å². The van der Waals surface area contributed by atoms with Crippen molar-refractivity contribution in [3.63, 3.8) is 0 Å². The van der Waals surface area contributed by atoms with E-state index in [1.807, 2.05) is 38.2 Å². The quantitative estimate of drug-likeness (QED) is 0.0875. The summed E-state index contributed by atoms with van der Waals surface area (Å²) in [4.78, 5) is 72.3. The van der Waals surface area contributed by atoms with Gasteiger partial charge in [-0.05, 0) is 115 Å². The first kappa shape index (κ1) is 49.7. The molecule has 3 aromatic carbocycles. The van der Waals surface area contributed by atoms with Crippen LogP contribution in [0.4, 0.5) is 5.69 Å². The summed E-state index contributed by atoms with van der Waals surface area (Å²) in [6.07, 6.45) is 6.96. The van der Waals surface area contributed by atoms with Crippen LogP contribution in [0.25, 0.3) is 33.3 Å². The highest BCUT2D eigenvalue weighted by atomic mass is 16.5. The second kappa shape index (κ2) is 21.1. The Morgan fingerprint density at radius 2 is 1.81 bits per heavy atom. The van der Waals surface area contributed by atoms with E-state index >= 15 is 0 Å². The van der Waals surface area contributed by atoms with Crippen molar-refractivity contribution >= 4 is 46.3 Å². The van der Waals surface area contributed by atoms with Crippen molar-refractivity contribution in [2.45, 2.75) is 116 Å². The van der Waals surface area contributed by atoms with Gasteiger partial charge in [0.05, 0.1) is 49.7 Å². The summed E-state index contributed by atoms with van der Waals surface area (Å²) in [6.45, 7) is 11.7. The first-order valence-corrected chi connectivity index (χ1v) is 24.4. The van der Waals surface area contributed by atoms with Crippen molar-refractivity contribution in [3.05, 3.63) is 102 Å². The number of carbonyl (C=O) groups is 4. The van der Waals surface area contributed by atoms with Crippen molar-refractivity contribution in [1.29, 1.82) is 0 Å². The minimum atomic E-state index is -1.04. The topological polar surface area (TPSA) is 169 Å². The number of hydrazine groups is 1. The Hall–Kier alpha value is -6.67. The number of likely N-dealkylation sites (N-methyl/N-ethyl adjacent to an activating group) is 1. The molecule has 3 amide bonds. The smallest absolute Gasteiger partial charge is 0.324 e. The fourth-order valence-corrected chi connectivity index (χ4v) is 9.91. The number of hydrogen-bond donors (Lipinski definition) is 2. The second-order valence-corrected chi connectivity index (χ2v) is 20.1. The van der Waals surface area contributed by atoms with Gasteiger partial charge in [-0.1, -0.05) is 58.0 Å². The number of carbonyl (C=O) groups excluding carboxylic acids is 4. The average Bonchev–Trinajstić information content (AvgIpc) is 4.05. The van der Waals surface area contributed by atoms with Crippen LogP contribution >= 0.6 is 0 Å². The maximum Gasteiger partial charge on any atom is 0.324 e. The minimum absolute atomic E-state index is 0.0860. The summed E-state index contributed by atoms with van der Waals surface area (Å²) in [5.74, 6) is -1.12. The molecule has 0 spiro atoms. The van der Waals surface area contributed by atoms with Gasteiger partial charge in [-0.15, -0.1) is 0 Å². The average molecular weight is 951 g/mol. The Morgan fingerprint density at radius 1 is 1.04 bits per heavy atom. The van der Waals surface area contributed by atoms with E-state index in [2.05, 4.69) is 87.4 Å². The molecule has 3 atom stereocenters. The number of benzene rings is 3. The maximum atomic E-state index is 14.8. The SMILES string of the molecule is CCn1c(-c2cnccc2COC)c2c3cc(ccc31)-c1cccc(c1)C[C@H](NC(=O)[C@H](C(C)C)N(C)C(=O)CC1(N=C=Nc3ccc(OC)cc3)CC1)C(=O)N1CCC[C@H](N1)C(=O)OCC(C)(C)C2. The molecule has 70 heavy (non-hydrogen) atoms. The summed E-state index contributed by atoms with van der Waals surface area (Å²) in [5, 5.41) is 5.62. The molecule has 2 fully saturated rings. The van der Waals surface area contributed by atoms with E-state index in [0.717, 1.165) is 50.0 Å². The Balaban J connectivity index is 1.12. The van der Waals surface area contributed by atoms with Gasteiger partial charge in [0.2, 0.25) is 11.8 Å². The van der Waals surface area contributed by atoms with Gasteiger partial charge < -0.3 is 29.0 Å². The number of amides is 3. The van der Waals surface area contributed by atoms with Crippen LogP contribution in [-0.2, 0) is 54.6 Å². The van der Waals surface area contributed by atoms with E-state index in [4.69, 9.17) is 14.2 Å². The highest BCUT2D eigenvalue weighted by Crippen LogP contribution is 2.44. The Bertz CT molecular complexity index is 2810. The van der Waals surface area contributed by atoms with E-state index < -0.39 is 41.0 Å². The van der Waals surface area contributed by atoms with Gasteiger partial charge in [-0.3, -0.25) is 29.2 Å². The molecule has 1 saturated carbocycles. The van der Waals surface area contributed by atoms with Crippen LogP contribution in [0.2, 0.25) is 0 Å². The lowest BCUT2D eigenvalue weighted by Gasteiger charge is -2.37. The van der Waals surface area contributed by atoms with Crippen LogP contribution in [0.3, 0.4) is 0 Å². The third-order valence-corrected chi connectivity index (χ3v) is 13.8. The van der Waals surface area contributed by atoms with E-state index in [9.17, 15) is 19.2 Å². The number of aryl methyl sites for hydroxylation is 1. The predicted molar refractivity (Wildman–Crippen MR) is 269 cm³/mol. The number of pyridine rings is 1. The fourth-order valence-electron chi connectivity index (χ4n) is 9.91. The van der Waals surface area contributed by atoms with Crippen LogP contribution in [0.5, 0.6) is 5.75 Å². The summed E-state index contributed by atoms with van der Waals surface area (Å²) in [6, 6.07) is 23.9. The van der Waals surface area contributed by atoms with E-state index in [1.54, 1.807) is 51.7 Å². The normalized spacial score (nSPS) is 19.1. The van der Waals surface area contributed by atoms with Crippen LogP contribution < -0.4 is 15.5 Å². The number of aromatic nitrogens is 2. The lowest BCUT2D eigenvalue weighted by molar-refractivity contribution is -0.155. The number of nitrogens with one attached hydrogen (secondary N) is 2. The molecule has 3 aliphatic rings.